The van der Waals surface area contributed by atoms with Crippen LogP contribution in [0.5, 0.6) is 0 Å². The van der Waals surface area contributed by atoms with Crippen molar-refractivity contribution in [2.75, 3.05) is 0 Å². The van der Waals surface area contributed by atoms with Crippen LogP contribution in [0.3, 0.4) is 0 Å². The number of aromatic amines is 1. The van der Waals surface area contributed by atoms with Gasteiger partial charge in [-0.25, -0.2) is 9.78 Å². The Bertz CT molecular complexity index is 1740. The lowest BCUT2D eigenvalue weighted by atomic mass is 10.0. The summed E-state index contributed by atoms with van der Waals surface area (Å²) in [5.41, 5.74) is 3.21. The van der Waals surface area contributed by atoms with Crippen LogP contribution < -0.4 is 5.56 Å². The molecule has 39 heavy (non-hydrogen) atoms. The largest absolute Gasteiger partial charge is 0.462 e. The van der Waals surface area contributed by atoms with Crippen molar-refractivity contribution in [3.05, 3.63) is 87.6 Å². The molecule has 0 radical (unpaired) electrons. The number of imidazole rings is 1. The molecule has 1 aromatic carbocycles. The summed E-state index contributed by atoms with van der Waals surface area (Å²) < 4.78 is 14.3. The number of carbonyl (C=O) groups is 1. The van der Waals surface area contributed by atoms with Gasteiger partial charge in [0, 0.05) is 28.4 Å². The first kappa shape index (κ1) is 24.8. The minimum atomic E-state index is -0.611. The fourth-order valence-corrected chi connectivity index (χ4v) is 4.95. The van der Waals surface area contributed by atoms with Gasteiger partial charge in [-0.05, 0) is 73.9 Å². The molecule has 0 bridgehead atoms. The first-order valence-electron chi connectivity index (χ1n) is 12.3. The number of ether oxygens (including phenoxy) is 1. The molecule has 5 heterocycles. The number of benzene rings is 1. The Morgan fingerprint density at radius 2 is 2.05 bits per heavy atom. The Kier molecular flexibility index (Phi) is 5.95. The average Bonchev–Trinajstić information content (AvgIpc) is 3.68. The first-order valence-corrected chi connectivity index (χ1v) is 12.7. The fourth-order valence-electron chi connectivity index (χ4n) is 4.77. The minimum Gasteiger partial charge on any atom is -0.462 e. The number of nitrogens with one attached hydrogen (secondary N) is 1. The van der Waals surface area contributed by atoms with Gasteiger partial charge in [0.1, 0.15) is 29.7 Å². The predicted octanol–water partition coefficient (Wildman–Crippen LogP) is 4.62. The van der Waals surface area contributed by atoms with E-state index in [-0.39, 0.29) is 11.6 Å². The third-order valence-electron chi connectivity index (χ3n) is 6.41. The number of pyridine rings is 1. The van der Waals surface area contributed by atoms with E-state index in [0.717, 1.165) is 16.8 Å². The van der Waals surface area contributed by atoms with E-state index in [2.05, 4.69) is 25.5 Å². The number of H-pyrrole nitrogens is 1. The molecule has 0 fully saturated rings. The number of furan rings is 1. The Labute approximate surface area is 227 Å². The highest BCUT2D eigenvalue weighted by molar-refractivity contribution is 6.31. The van der Waals surface area contributed by atoms with Crippen molar-refractivity contribution in [1.29, 1.82) is 0 Å². The molecule has 4 aromatic heterocycles. The SMILES string of the molecule is CC(C)(C)OC(=O)c1coc(-c2cnc([C@@H]3CCc4cc(-c5cc(Cl)ccc5-n5cnnn5)cc(=O)n43)[nH]2)c1. The van der Waals surface area contributed by atoms with Crippen molar-refractivity contribution < 1.29 is 13.9 Å². The minimum absolute atomic E-state index is 0.157. The smallest absolute Gasteiger partial charge is 0.341 e. The fraction of sp³-hybridized carbons (Fsp3) is 0.259. The van der Waals surface area contributed by atoms with Gasteiger partial charge in [0.25, 0.3) is 5.56 Å². The highest BCUT2D eigenvalue weighted by atomic mass is 35.5. The lowest BCUT2D eigenvalue weighted by molar-refractivity contribution is 0.00688. The molecule has 198 valence electrons. The summed E-state index contributed by atoms with van der Waals surface area (Å²) in [4.78, 5) is 33.6. The second kappa shape index (κ2) is 9.35. The number of esters is 1. The average molecular weight is 546 g/mol. The van der Waals surface area contributed by atoms with Gasteiger partial charge < -0.3 is 18.7 Å². The third-order valence-corrected chi connectivity index (χ3v) is 6.64. The molecule has 1 aliphatic rings. The molecule has 6 rings (SSSR count). The van der Waals surface area contributed by atoms with Gasteiger partial charge in [-0.3, -0.25) is 4.79 Å². The number of halogens is 1. The molecular weight excluding hydrogens is 522 g/mol. The van der Waals surface area contributed by atoms with Crippen LogP contribution in [0, 0.1) is 0 Å². The lowest BCUT2D eigenvalue weighted by Crippen LogP contribution is -2.23. The van der Waals surface area contributed by atoms with Gasteiger partial charge in [-0.2, -0.15) is 4.68 Å². The van der Waals surface area contributed by atoms with Crippen molar-refractivity contribution in [2.45, 2.75) is 45.3 Å². The van der Waals surface area contributed by atoms with Gasteiger partial charge >= 0.3 is 5.97 Å². The topological polar surface area (TPSA) is 134 Å². The Morgan fingerprint density at radius 3 is 2.82 bits per heavy atom. The van der Waals surface area contributed by atoms with Crippen molar-refractivity contribution in [3.63, 3.8) is 0 Å². The summed E-state index contributed by atoms with van der Waals surface area (Å²) in [6, 6.07) is 10.3. The number of tetrazole rings is 1. The van der Waals surface area contributed by atoms with Gasteiger partial charge in [0.05, 0.1) is 23.5 Å². The Morgan fingerprint density at radius 1 is 1.21 bits per heavy atom. The standard InChI is InChI=1S/C27H24ClN7O4/c1-27(2,3)39-26(37)16-9-23(38-13-16)20-12-29-25(31-20)22-7-5-18-8-15(10-24(36)35(18)22)19-11-17(28)4-6-21(19)34-14-30-32-33-34/h4,6,8-14,22H,5,7H2,1-3H3,(H,29,31)/t22-/m0/s1. The summed E-state index contributed by atoms with van der Waals surface area (Å²) >= 11 is 6.30. The van der Waals surface area contributed by atoms with E-state index in [1.165, 1.54) is 17.3 Å². The predicted molar refractivity (Wildman–Crippen MR) is 142 cm³/mol. The van der Waals surface area contributed by atoms with Crippen molar-refractivity contribution in [2.24, 2.45) is 0 Å². The van der Waals surface area contributed by atoms with Crippen LogP contribution in [-0.2, 0) is 11.2 Å². The number of rotatable bonds is 5. The first-order chi connectivity index (χ1) is 18.7. The summed E-state index contributed by atoms with van der Waals surface area (Å²) in [6.07, 6.45) is 5.87. The summed E-state index contributed by atoms with van der Waals surface area (Å²) in [6.45, 7) is 5.42. The molecule has 1 N–H and O–H groups in total. The maximum atomic E-state index is 13.4. The number of nitrogens with zero attached hydrogens (tertiary/aromatic N) is 6. The van der Waals surface area contributed by atoms with Crippen molar-refractivity contribution in [3.8, 4) is 28.3 Å². The second-order valence-corrected chi connectivity index (χ2v) is 10.7. The third kappa shape index (κ3) is 4.76. The van der Waals surface area contributed by atoms with Gasteiger partial charge in [0.2, 0.25) is 0 Å². The molecule has 5 aromatic rings. The highest BCUT2D eigenvalue weighted by Crippen LogP contribution is 2.34. The van der Waals surface area contributed by atoms with Crippen LogP contribution in [0.1, 0.15) is 55.1 Å². The summed E-state index contributed by atoms with van der Waals surface area (Å²) in [5, 5.41) is 12.0. The van der Waals surface area contributed by atoms with E-state index in [0.29, 0.717) is 46.4 Å². The summed E-state index contributed by atoms with van der Waals surface area (Å²) in [7, 11) is 0. The quantitative estimate of drug-likeness (QED) is 0.316. The Balaban J connectivity index is 1.30. The molecule has 1 aliphatic heterocycles. The number of hydrogen-bond donors (Lipinski definition) is 1. The van der Waals surface area contributed by atoms with E-state index in [4.69, 9.17) is 20.8 Å². The molecule has 12 heteroatoms. The molecule has 1 atom stereocenters. The maximum Gasteiger partial charge on any atom is 0.341 e. The Hall–Kier alpha value is -4.51. The number of hydrogen-bond acceptors (Lipinski definition) is 8. The van der Waals surface area contributed by atoms with Gasteiger partial charge in [-0.15, -0.1) is 5.10 Å². The molecule has 0 aliphatic carbocycles. The van der Waals surface area contributed by atoms with E-state index >= 15 is 0 Å². The molecule has 0 amide bonds. The van der Waals surface area contributed by atoms with Gasteiger partial charge in [0.15, 0.2) is 5.76 Å². The number of fused-ring (bicyclic) bond motifs is 1. The van der Waals surface area contributed by atoms with Crippen LogP contribution >= 0.6 is 11.6 Å². The normalized spacial score (nSPS) is 14.9. The van der Waals surface area contributed by atoms with E-state index in [1.54, 1.807) is 55.8 Å². The van der Waals surface area contributed by atoms with Crippen molar-refractivity contribution in [1.82, 2.24) is 34.7 Å². The van der Waals surface area contributed by atoms with Crippen LogP contribution in [-0.4, -0.2) is 46.3 Å². The lowest BCUT2D eigenvalue weighted by Gasteiger charge is -2.18. The van der Waals surface area contributed by atoms with E-state index < -0.39 is 11.6 Å². The number of carbonyl (C=O) groups excluding carboxylic acids is 1. The molecular formula is C27H24ClN7O4. The van der Waals surface area contributed by atoms with E-state index in [1.807, 2.05) is 12.1 Å². The molecule has 0 saturated heterocycles. The number of aromatic nitrogens is 7. The second-order valence-electron chi connectivity index (χ2n) is 10.3. The highest BCUT2D eigenvalue weighted by Gasteiger charge is 2.29. The molecule has 0 saturated carbocycles. The van der Waals surface area contributed by atoms with Crippen LogP contribution in [0.4, 0.5) is 0 Å². The molecule has 11 nitrogen and oxygen atoms in total. The van der Waals surface area contributed by atoms with Gasteiger partial charge in [-0.1, -0.05) is 11.6 Å². The van der Waals surface area contributed by atoms with E-state index in [9.17, 15) is 9.59 Å². The molecule has 0 unspecified atom stereocenters. The maximum absolute atomic E-state index is 13.4. The zero-order chi connectivity index (χ0) is 27.3. The van der Waals surface area contributed by atoms with Crippen molar-refractivity contribution >= 4 is 17.6 Å². The zero-order valence-electron chi connectivity index (χ0n) is 21.4. The number of aryl methyl sites for hydroxylation is 1. The van der Waals surface area contributed by atoms with Crippen LogP contribution in [0.15, 0.2) is 64.4 Å². The monoisotopic (exact) mass is 545 g/mol. The van der Waals surface area contributed by atoms with Crippen LogP contribution in [0.25, 0.3) is 28.3 Å². The zero-order valence-corrected chi connectivity index (χ0v) is 22.1. The van der Waals surface area contributed by atoms with Crippen LogP contribution in [0.2, 0.25) is 5.02 Å². The molecule has 0 spiro atoms. The summed E-state index contributed by atoms with van der Waals surface area (Å²) in [5.74, 6) is 0.616.